The third-order valence-electron chi connectivity index (χ3n) is 2.96. The van der Waals surface area contributed by atoms with Crippen LogP contribution >= 0.6 is 0 Å². The van der Waals surface area contributed by atoms with E-state index in [0.29, 0.717) is 12.0 Å². The number of aromatic hydroxyl groups is 1. The first-order valence-corrected chi connectivity index (χ1v) is 6.57. The largest absolute Gasteiger partial charge is 0.507 e. The van der Waals surface area contributed by atoms with Crippen LogP contribution in [0.5, 0.6) is 5.75 Å². The quantitative estimate of drug-likeness (QED) is 0.542. The monoisotopic (exact) mass is 240 g/mol. The van der Waals surface area contributed by atoms with E-state index in [4.69, 9.17) is 0 Å². The van der Waals surface area contributed by atoms with Gasteiger partial charge in [-0.3, -0.25) is 4.79 Å². The minimum absolute atomic E-state index is 0.0543. The molecule has 94 valence electrons. The lowest BCUT2D eigenvalue weighted by Gasteiger charge is -2.03. The van der Waals surface area contributed by atoms with Crippen molar-refractivity contribution in [3.8, 4) is 5.75 Å². The van der Waals surface area contributed by atoms with Gasteiger partial charge >= 0.3 is 0 Å². The normalized spacial score (nSPS) is 10.4. The molecule has 0 spiro atoms. The molecule has 0 aliphatic rings. The average Bonchev–Trinajstić information content (AvgIpc) is 2.34. The fraction of sp³-hybridized carbons (Fsp3) is 0.533. The highest BCUT2D eigenvalue weighted by Gasteiger charge is 2.09. The summed E-state index contributed by atoms with van der Waals surface area (Å²) in [7, 11) is 0. The summed E-state index contributed by atoms with van der Waals surface area (Å²) in [6.07, 6.45) is 7.59. The third-order valence-corrected chi connectivity index (χ3v) is 2.96. The maximum Gasteiger partial charge on any atom is 0.166 e. The van der Waals surface area contributed by atoms with Crippen LogP contribution < -0.4 is 0 Å². The summed E-state index contributed by atoms with van der Waals surface area (Å²) >= 11 is 0. The molecule has 2 heteroatoms. The van der Waals surface area contributed by atoms with Crippen LogP contribution in [-0.4, -0.2) is 10.9 Å². The van der Waals surface area contributed by atoms with E-state index < -0.39 is 0 Å². The Kier molecular flexibility index (Phi) is 6.38. The SMILES string of the molecule is CCCCCCCCC(=O)[13c]1[13cH][13cH][13cH][13cH][13c]1O. The number of rotatable bonds is 8. The highest BCUT2D eigenvalue weighted by Crippen LogP contribution is 2.19. The van der Waals surface area contributed by atoms with E-state index >= 15 is 0 Å². The lowest BCUT2D eigenvalue weighted by molar-refractivity contribution is 0.0976. The minimum atomic E-state index is 0.0543. The zero-order valence-corrected chi connectivity index (χ0v) is 10.6. The Morgan fingerprint density at radius 3 is 2.41 bits per heavy atom. The molecule has 1 aromatic carbocycles. The predicted molar refractivity (Wildman–Crippen MR) is 70.4 cm³/mol. The molecule has 17 heavy (non-hydrogen) atoms. The molecule has 2 nitrogen and oxygen atoms in total. The number of Topliss-reactive ketones (excluding diaryl/α,β-unsaturated/α-hetero) is 1. The van der Waals surface area contributed by atoms with Crippen molar-refractivity contribution in [3.63, 3.8) is 0 Å². The minimum Gasteiger partial charge on any atom is -0.507 e. The first-order chi connectivity index (χ1) is 8.25. The van der Waals surface area contributed by atoms with Crippen molar-refractivity contribution in [1.82, 2.24) is 0 Å². The molecule has 0 atom stereocenters. The molecule has 0 saturated heterocycles. The van der Waals surface area contributed by atoms with Gasteiger partial charge in [-0.2, -0.15) is 0 Å². The molecule has 0 saturated carbocycles. The lowest BCUT2D eigenvalue weighted by atomic mass is 10.1. The van der Waals surface area contributed by atoms with Crippen molar-refractivity contribution in [2.75, 3.05) is 0 Å². The van der Waals surface area contributed by atoms with Gasteiger partial charge in [0.25, 0.3) is 0 Å². The molecule has 0 radical (unpaired) electrons. The van der Waals surface area contributed by atoms with Crippen LogP contribution in [0.2, 0.25) is 0 Å². The Morgan fingerprint density at radius 2 is 1.71 bits per heavy atom. The van der Waals surface area contributed by atoms with Crippen LogP contribution in [0.4, 0.5) is 0 Å². The Balaban J connectivity index is 2.24. The van der Waals surface area contributed by atoms with E-state index in [0.717, 1.165) is 12.8 Å². The number of hydrogen-bond acceptors (Lipinski definition) is 2. The molecular formula is C15H22O2. The number of phenolic OH excluding ortho intramolecular Hbond substituents is 1. The molecule has 1 N–H and O–H groups in total. The van der Waals surface area contributed by atoms with Crippen LogP contribution in [0.15, 0.2) is 24.3 Å². The maximum absolute atomic E-state index is 11.8. The van der Waals surface area contributed by atoms with Gasteiger partial charge in [0, 0.05) is 6.42 Å². The number of hydrogen-bond donors (Lipinski definition) is 1. The molecule has 0 heterocycles. The second-order valence-corrected chi connectivity index (χ2v) is 4.46. The van der Waals surface area contributed by atoms with Gasteiger partial charge in [0.05, 0.1) is 5.56 Å². The first-order valence-electron chi connectivity index (χ1n) is 6.57. The number of para-hydroxylation sites is 1. The highest BCUT2D eigenvalue weighted by atomic mass is 16.3. The molecule has 0 aliphatic heterocycles. The summed E-state index contributed by atoms with van der Waals surface area (Å²) in [6.45, 7) is 2.20. The smallest absolute Gasteiger partial charge is 0.166 e. The zero-order chi connectivity index (χ0) is 12.5. The van der Waals surface area contributed by atoms with E-state index in [1.807, 2.05) is 0 Å². The van der Waals surface area contributed by atoms with Crippen LogP contribution in [-0.2, 0) is 0 Å². The molecular weight excluding hydrogens is 218 g/mol. The summed E-state index contributed by atoms with van der Waals surface area (Å²) in [5.41, 5.74) is 0.459. The second-order valence-electron chi connectivity index (χ2n) is 4.46. The summed E-state index contributed by atoms with van der Waals surface area (Å²) < 4.78 is 0. The molecule has 1 aromatic rings. The van der Waals surface area contributed by atoms with E-state index in [1.165, 1.54) is 25.7 Å². The summed E-state index contributed by atoms with van der Waals surface area (Å²) in [5, 5.41) is 9.53. The number of phenols is 1. The molecule has 0 aliphatic carbocycles. The topological polar surface area (TPSA) is 37.3 Å². The van der Waals surface area contributed by atoms with Gasteiger partial charge in [-0.05, 0) is 18.6 Å². The van der Waals surface area contributed by atoms with Crippen LogP contribution in [0.25, 0.3) is 0 Å². The fourth-order valence-corrected chi connectivity index (χ4v) is 1.91. The number of ketones is 1. The fourth-order valence-electron chi connectivity index (χ4n) is 1.91. The molecule has 1 rings (SSSR count). The first kappa shape index (κ1) is 13.8. The second kappa shape index (κ2) is 7.88. The molecule has 0 fully saturated rings. The zero-order valence-electron chi connectivity index (χ0n) is 10.6. The summed E-state index contributed by atoms with van der Waals surface area (Å²) in [4.78, 5) is 11.8. The van der Waals surface area contributed by atoms with Gasteiger partial charge in [0.1, 0.15) is 5.75 Å². The number of benzene rings is 1. The van der Waals surface area contributed by atoms with Crippen LogP contribution in [0.1, 0.15) is 62.2 Å². The van der Waals surface area contributed by atoms with E-state index in [-0.39, 0.29) is 11.5 Å². The van der Waals surface area contributed by atoms with Crippen molar-refractivity contribution in [2.24, 2.45) is 0 Å². The van der Waals surface area contributed by atoms with Gasteiger partial charge < -0.3 is 5.11 Å². The Morgan fingerprint density at radius 1 is 1.06 bits per heavy atom. The van der Waals surface area contributed by atoms with Crippen LogP contribution in [0, 0.1) is 0 Å². The standard InChI is InChI=1S/C15H22O2/c1-2-3-4-5-6-7-11-14(16)13-10-8-9-12-15(13)17/h8-10,12,17H,2-7,11H2,1H3/i8+1,9+1,10+1,12+1,13+1,15+1. The van der Waals surface area contributed by atoms with Gasteiger partial charge in [-0.25, -0.2) is 0 Å². The van der Waals surface area contributed by atoms with Gasteiger partial charge in [-0.15, -0.1) is 0 Å². The number of unbranched alkanes of at least 4 members (excludes halogenated alkanes) is 5. The summed E-state index contributed by atoms with van der Waals surface area (Å²) in [5.74, 6) is 0.155. The Hall–Kier alpha value is -1.31. The van der Waals surface area contributed by atoms with Crippen molar-refractivity contribution < 1.29 is 9.90 Å². The van der Waals surface area contributed by atoms with Crippen molar-refractivity contribution in [2.45, 2.75) is 51.9 Å². The highest BCUT2D eigenvalue weighted by molar-refractivity contribution is 5.98. The van der Waals surface area contributed by atoms with Crippen molar-refractivity contribution in [1.29, 1.82) is 0 Å². The van der Waals surface area contributed by atoms with Gasteiger partial charge in [-0.1, -0.05) is 51.2 Å². The van der Waals surface area contributed by atoms with E-state index in [1.54, 1.807) is 24.3 Å². The average molecular weight is 240 g/mol. The van der Waals surface area contributed by atoms with Crippen molar-refractivity contribution in [3.05, 3.63) is 29.8 Å². The van der Waals surface area contributed by atoms with E-state index in [9.17, 15) is 9.90 Å². The predicted octanol–water partition coefficient (Wildman–Crippen LogP) is 4.33. The van der Waals surface area contributed by atoms with Gasteiger partial charge in [0.2, 0.25) is 0 Å². The molecule has 0 unspecified atom stereocenters. The van der Waals surface area contributed by atoms with Crippen molar-refractivity contribution >= 4 is 5.78 Å². The van der Waals surface area contributed by atoms with E-state index in [2.05, 4.69) is 6.92 Å². The Labute approximate surface area is 104 Å². The maximum atomic E-state index is 11.8. The third kappa shape index (κ3) is 5.03. The number of carbonyl (C=O) groups is 1. The lowest BCUT2D eigenvalue weighted by Crippen LogP contribution is -1.99. The Bertz CT molecular complexity index is 345. The number of carbonyl (C=O) groups excluding carboxylic acids is 1. The van der Waals surface area contributed by atoms with Gasteiger partial charge in [0.15, 0.2) is 5.78 Å². The van der Waals surface area contributed by atoms with Crippen LogP contribution in [0.3, 0.4) is 0 Å². The molecule has 0 aromatic heterocycles. The molecule has 0 bridgehead atoms. The summed E-state index contributed by atoms with van der Waals surface area (Å²) in [6, 6.07) is 6.77. The molecule has 0 amide bonds.